The van der Waals surface area contributed by atoms with E-state index in [0.29, 0.717) is 6.61 Å². The Bertz CT molecular complexity index is 1300. The summed E-state index contributed by atoms with van der Waals surface area (Å²) in [6, 6.07) is 27.1. The molecule has 0 aliphatic rings. The lowest BCUT2D eigenvalue weighted by molar-refractivity contribution is 0.130. The first-order chi connectivity index (χ1) is 16.0. The highest BCUT2D eigenvalue weighted by Gasteiger charge is 2.17. The van der Waals surface area contributed by atoms with Crippen molar-refractivity contribution in [3.63, 3.8) is 0 Å². The Morgan fingerprint density at radius 3 is 2.30 bits per heavy atom. The van der Waals surface area contributed by atoms with Crippen molar-refractivity contribution in [2.75, 3.05) is 7.11 Å². The first-order valence-corrected chi connectivity index (χ1v) is 11.1. The predicted molar refractivity (Wildman–Crippen MR) is 135 cm³/mol. The van der Waals surface area contributed by atoms with Gasteiger partial charge in [0.2, 0.25) is 0 Å². The fraction of sp³-hybridized carbons (Fsp3) is 0.207. The second-order valence-corrected chi connectivity index (χ2v) is 8.37. The fourth-order valence-corrected chi connectivity index (χ4v) is 4.12. The number of rotatable bonds is 7. The van der Waals surface area contributed by atoms with Crippen LogP contribution in [0.2, 0.25) is 0 Å². The number of methoxy groups -OCH3 is 1. The van der Waals surface area contributed by atoms with Crippen LogP contribution in [0.5, 0.6) is 5.75 Å². The molecule has 0 aliphatic heterocycles. The van der Waals surface area contributed by atoms with Crippen LogP contribution < -0.4 is 4.74 Å². The van der Waals surface area contributed by atoms with Gasteiger partial charge in [-0.25, -0.2) is 0 Å². The molecule has 0 saturated heterocycles. The third-order valence-electron chi connectivity index (χ3n) is 5.78. The number of nitrogens with zero attached hydrogens (tertiary/aromatic N) is 2. The number of benzene rings is 3. The van der Waals surface area contributed by atoms with E-state index in [1.807, 2.05) is 25.1 Å². The molecular formula is C29H30N2O2. The molecule has 4 aromatic rings. The summed E-state index contributed by atoms with van der Waals surface area (Å²) in [7, 11) is 1.69. The first kappa shape index (κ1) is 22.4. The average molecular weight is 439 g/mol. The van der Waals surface area contributed by atoms with E-state index in [1.165, 1.54) is 11.1 Å². The van der Waals surface area contributed by atoms with Crippen molar-refractivity contribution in [2.45, 2.75) is 34.3 Å². The summed E-state index contributed by atoms with van der Waals surface area (Å²) in [5, 5.41) is 4.45. The van der Waals surface area contributed by atoms with Crippen LogP contribution in [0, 0.1) is 20.8 Å². The number of aromatic nitrogens is 1. The van der Waals surface area contributed by atoms with E-state index in [4.69, 9.17) is 9.57 Å². The maximum Gasteiger partial charge on any atom is 0.142 e. The molecule has 0 saturated carbocycles. The molecule has 4 heteroatoms. The van der Waals surface area contributed by atoms with Gasteiger partial charge in [-0.15, -0.1) is 0 Å². The molecule has 168 valence electrons. The summed E-state index contributed by atoms with van der Waals surface area (Å²) in [4.78, 5) is 5.72. The first-order valence-electron chi connectivity index (χ1n) is 11.1. The second kappa shape index (κ2) is 9.78. The van der Waals surface area contributed by atoms with Gasteiger partial charge in [-0.2, -0.15) is 0 Å². The molecule has 0 spiro atoms. The minimum atomic E-state index is 0.444. The molecule has 1 aromatic heterocycles. The van der Waals surface area contributed by atoms with Gasteiger partial charge in [-0.3, -0.25) is 0 Å². The maximum atomic E-state index is 5.72. The van der Waals surface area contributed by atoms with Crippen LogP contribution in [-0.2, 0) is 11.4 Å². The van der Waals surface area contributed by atoms with Gasteiger partial charge in [-0.1, -0.05) is 59.3 Å². The largest absolute Gasteiger partial charge is 0.497 e. The molecule has 0 bridgehead atoms. The van der Waals surface area contributed by atoms with Crippen LogP contribution >= 0.6 is 0 Å². The van der Waals surface area contributed by atoms with Gasteiger partial charge >= 0.3 is 0 Å². The highest BCUT2D eigenvalue weighted by Crippen LogP contribution is 2.32. The van der Waals surface area contributed by atoms with Gasteiger partial charge in [-0.05, 0) is 69.2 Å². The Kier molecular flexibility index (Phi) is 6.64. The van der Waals surface area contributed by atoms with Crippen molar-refractivity contribution >= 4 is 5.71 Å². The van der Waals surface area contributed by atoms with E-state index < -0.39 is 0 Å². The van der Waals surface area contributed by atoms with E-state index in [1.54, 1.807) is 7.11 Å². The van der Waals surface area contributed by atoms with Crippen molar-refractivity contribution < 1.29 is 9.57 Å². The van der Waals surface area contributed by atoms with Crippen molar-refractivity contribution in [1.82, 2.24) is 4.57 Å². The van der Waals surface area contributed by atoms with Crippen LogP contribution in [0.3, 0.4) is 0 Å². The van der Waals surface area contributed by atoms with Crippen molar-refractivity contribution in [3.8, 4) is 22.7 Å². The fourth-order valence-electron chi connectivity index (χ4n) is 4.12. The lowest BCUT2D eigenvalue weighted by atomic mass is 10.1. The maximum absolute atomic E-state index is 5.72. The molecule has 4 nitrogen and oxygen atoms in total. The van der Waals surface area contributed by atoms with E-state index in [9.17, 15) is 0 Å². The number of ether oxygens (including phenoxy) is 1. The van der Waals surface area contributed by atoms with Crippen LogP contribution in [0.1, 0.15) is 34.9 Å². The third-order valence-corrected chi connectivity index (χ3v) is 5.78. The lowest BCUT2D eigenvalue weighted by Crippen LogP contribution is -2.03. The highest BCUT2D eigenvalue weighted by molar-refractivity contribution is 6.01. The summed E-state index contributed by atoms with van der Waals surface area (Å²) in [6.07, 6.45) is 0. The molecule has 0 N–H and O–H groups in total. The summed E-state index contributed by atoms with van der Waals surface area (Å²) in [5.74, 6) is 0.829. The number of oxime groups is 1. The van der Waals surface area contributed by atoms with Crippen LogP contribution in [0.25, 0.3) is 16.9 Å². The number of hydrogen-bond acceptors (Lipinski definition) is 3. The Morgan fingerprint density at radius 1 is 0.848 bits per heavy atom. The third kappa shape index (κ3) is 5.01. The average Bonchev–Trinajstić information content (AvgIpc) is 3.16. The molecule has 4 rings (SSSR count). The summed E-state index contributed by atoms with van der Waals surface area (Å²) >= 11 is 0. The van der Waals surface area contributed by atoms with E-state index in [0.717, 1.165) is 45.2 Å². The van der Waals surface area contributed by atoms with E-state index in [-0.39, 0.29) is 0 Å². The quantitative estimate of drug-likeness (QED) is 0.230. The number of aryl methyl sites for hydroxylation is 2. The normalized spacial score (nSPS) is 11.5. The Morgan fingerprint density at radius 2 is 1.58 bits per heavy atom. The van der Waals surface area contributed by atoms with Gasteiger partial charge in [0.15, 0.2) is 0 Å². The minimum Gasteiger partial charge on any atom is -0.497 e. The summed E-state index contributed by atoms with van der Waals surface area (Å²) < 4.78 is 7.75. The standard InChI is InChI=1S/C29H30N2O2/c1-20-9-6-11-24(15-20)19-33-30-22(3)28-18-29(25-12-8-14-27(17-25)32-5)31(23(28)4)26-13-7-10-21(2)16-26/h6-18H,19H2,1-5H3/b30-22-. The van der Waals surface area contributed by atoms with Crippen molar-refractivity contribution in [3.05, 3.63) is 107 Å². The van der Waals surface area contributed by atoms with Gasteiger partial charge in [0.1, 0.15) is 12.4 Å². The smallest absolute Gasteiger partial charge is 0.142 e. The molecule has 33 heavy (non-hydrogen) atoms. The van der Waals surface area contributed by atoms with E-state index >= 15 is 0 Å². The molecule has 0 fully saturated rings. The molecular weight excluding hydrogens is 408 g/mol. The zero-order valence-corrected chi connectivity index (χ0v) is 19.9. The summed E-state index contributed by atoms with van der Waals surface area (Å²) in [5.41, 5.74) is 9.83. The summed E-state index contributed by atoms with van der Waals surface area (Å²) in [6.45, 7) is 8.75. The van der Waals surface area contributed by atoms with Gasteiger partial charge < -0.3 is 14.1 Å². The van der Waals surface area contributed by atoms with Crippen LogP contribution in [0.4, 0.5) is 0 Å². The molecule has 0 amide bonds. The van der Waals surface area contributed by atoms with Gasteiger partial charge in [0.25, 0.3) is 0 Å². The zero-order chi connectivity index (χ0) is 23.4. The Balaban J connectivity index is 1.74. The second-order valence-electron chi connectivity index (χ2n) is 8.37. The van der Waals surface area contributed by atoms with Crippen LogP contribution in [-0.4, -0.2) is 17.4 Å². The molecule has 0 aliphatic carbocycles. The monoisotopic (exact) mass is 438 g/mol. The van der Waals surface area contributed by atoms with Crippen molar-refractivity contribution in [2.24, 2.45) is 5.16 Å². The minimum absolute atomic E-state index is 0.444. The topological polar surface area (TPSA) is 35.8 Å². The van der Waals surface area contributed by atoms with Crippen molar-refractivity contribution in [1.29, 1.82) is 0 Å². The Hall–Kier alpha value is -3.79. The molecule has 0 atom stereocenters. The van der Waals surface area contributed by atoms with Gasteiger partial charge in [0, 0.05) is 22.5 Å². The van der Waals surface area contributed by atoms with Crippen LogP contribution in [0.15, 0.2) is 84.0 Å². The highest BCUT2D eigenvalue weighted by atomic mass is 16.6. The predicted octanol–water partition coefficient (Wildman–Crippen LogP) is 7.02. The Labute approximate surface area is 196 Å². The van der Waals surface area contributed by atoms with E-state index in [2.05, 4.69) is 91.2 Å². The molecule has 1 heterocycles. The molecule has 3 aromatic carbocycles. The zero-order valence-electron chi connectivity index (χ0n) is 19.9. The number of hydrogen-bond donors (Lipinski definition) is 0. The molecule has 0 radical (unpaired) electrons. The molecule has 0 unspecified atom stereocenters. The van der Waals surface area contributed by atoms with Gasteiger partial charge in [0.05, 0.1) is 18.5 Å². The SMILES string of the molecule is COc1cccc(-c2cc(/C(C)=N\OCc3cccc(C)c3)c(C)n2-c2cccc(C)c2)c1. The lowest BCUT2D eigenvalue weighted by Gasteiger charge is -2.14.